The highest BCUT2D eigenvalue weighted by Crippen LogP contribution is 2.28. The maximum atomic E-state index is 11.4. The third-order valence-corrected chi connectivity index (χ3v) is 3.39. The highest BCUT2D eigenvalue weighted by Gasteiger charge is 2.13. The Hall–Kier alpha value is -1.27. The van der Waals surface area contributed by atoms with Crippen LogP contribution in [0.1, 0.15) is 17.4 Å². The largest absolute Gasteiger partial charge is 0.461 e. The molecule has 2 aromatic rings. The molecule has 0 unspecified atom stereocenters. The molecular formula is C12H10BrNO3S. The van der Waals surface area contributed by atoms with E-state index < -0.39 is 5.97 Å². The van der Waals surface area contributed by atoms with Crippen molar-refractivity contribution in [1.29, 1.82) is 0 Å². The molecule has 0 spiro atoms. The number of aromatic nitrogens is 1. The molecule has 1 aromatic carbocycles. The first-order valence-electron chi connectivity index (χ1n) is 5.25. The molecule has 0 amide bonds. The molecule has 6 heteroatoms. The maximum absolute atomic E-state index is 11.4. The molecule has 0 aliphatic heterocycles. The minimum Gasteiger partial charge on any atom is -0.461 e. The standard InChI is InChI=1S/C12H10BrNO3S/c1-2-16-11(15)10-7-17-12(14-10)18-9-5-3-8(13)4-6-9/h3-7H,2H2,1H3. The van der Waals surface area contributed by atoms with Crippen LogP contribution in [0.25, 0.3) is 0 Å². The summed E-state index contributed by atoms with van der Waals surface area (Å²) in [5.41, 5.74) is 0.191. The molecule has 4 nitrogen and oxygen atoms in total. The van der Waals surface area contributed by atoms with Crippen molar-refractivity contribution in [2.24, 2.45) is 0 Å². The van der Waals surface area contributed by atoms with Crippen LogP contribution in [0, 0.1) is 0 Å². The summed E-state index contributed by atoms with van der Waals surface area (Å²) in [6, 6.07) is 7.72. The topological polar surface area (TPSA) is 52.3 Å². The summed E-state index contributed by atoms with van der Waals surface area (Å²) in [6.45, 7) is 2.07. The van der Waals surface area contributed by atoms with Gasteiger partial charge in [-0.1, -0.05) is 15.9 Å². The Morgan fingerprint density at radius 3 is 2.83 bits per heavy atom. The normalized spacial score (nSPS) is 10.3. The number of carbonyl (C=O) groups excluding carboxylic acids is 1. The second-order valence-corrected chi connectivity index (χ2v) is 5.22. The van der Waals surface area contributed by atoms with Gasteiger partial charge in [0.15, 0.2) is 5.69 Å². The summed E-state index contributed by atoms with van der Waals surface area (Å²) >= 11 is 4.71. The van der Waals surface area contributed by atoms with Crippen molar-refractivity contribution in [3.05, 3.63) is 40.7 Å². The quantitative estimate of drug-likeness (QED) is 0.800. The Morgan fingerprint density at radius 2 is 2.17 bits per heavy atom. The van der Waals surface area contributed by atoms with Gasteiger partial charge >= 0.3 is 5.97 Å². The molecule has 0 aliphatic rings. The molecule has 2 rings (SSSR count). The van der Waals surface area contributed by atoms with Crippen molar-refractivity contribution in [2.75, 3.05) is 6.61 Å². The van der Waals surface area contributed by atoms with Crippen LogP contribution >= 0.6 is 27.7 Å². The molecule has 0 fully saturated rings. The van der Waals surface area contributed by atoms with Gasteiger partial charge in [0.1, 0.15) is 6.26 Å². The van der Waals surface area contributed by atoms with Crippen molar-refractivity contribution in [1.82, 2.24) is 4.98 Å². The molecule has 94 valence electrons. The van der Waals surface area contributed by atoms with Crippen LogP contribution < -0.4 is 0 Å². The number of carbonyl (C=O) groups is 1. The molecular weight excluding hydrogens is 318 g/mol. The van der Waals surface area contributed by atoms with Crippen molar-refractivity contribution in [3.8, 4) is 0 Å². The summed E-state index contributed by atoms with van der Waals surface area (Å²) in [7, 11) is 0. The van der Waals surface area contributed by atoms with E-state index in [0.29, 0.717) is 11.8 Å². The van der Waals surface area contributed by atoms with E-state index in [0.717, 1.165) is 9.37 Å². The van der Waals surface area contributed by atoms with Crippen molar-refractivity contribution in [3.63, 3.8) is 0 Å². The number of nitrogens with zero attached hydrogens (tertiary/aromatic N) is 1. The summed E-state index contributed by atoms with van der Waals surface area (Å²) in [4.78, 5) is 16.4. The first-order chi connectivity index (χ1) is 8.69. The highest BCUT2D eigenvalue weighted by molar-refractivity contribution is 9.10. The Bertz CT molecular complexity index is 539. The van der Waals surface area contributed by atoms with E-state index in [4.69, 9.17) is 9.15 Å². The summed E-state index contributed by atoms with van der Waals surface area (Å²) < 4.78 is 11.0. The van der Waals surface area contributed by atoms with E-state index in [1.807, 2.05) is 24.3 Å². The molecule has 0 radical (unpaired) electrons. The average molecular weight is 328 g/mol. The van der Waals surface area contributed by atoms with Crippen LogP contribution in [0.15, 0.2) is 49.5 Å². The van der Waals surface area contributed by atoms with Crippen LogP contribution in [0.2, 0.25) is 0 Å². The highest BCUT2D eigenvalue weighted by atomic mass is 79.9. The van der Waals surface area contributed by atoms with Crippen LogP contribution in [0.4, 0.5) is 0 Å². The Balaban J connectivity index is 2.06. The number of benzene rings is 1. The van der Waals surface area contributed by atoms with Gasteiger partial charge in [0.05, 0.1) is 6.61 Å². The first-order valence-corrected chi connectivity index (χ1v) is 6.86. The molecule has 0 bridgehead atoms. The van der Waals surface area contributed by atoms with E-state index in [1.54, 1.807) is 6.92 Å². The Labute approximate surface area is 117 Å². The van der Waals surface area contributed by atoms with Crippen LogP contribution in [-0.2, 0) is 4.74 Å². The number of rotatable bonds is 4. The zero-order valence-electron chi connectivity index (χ0n) is 9.55. The monoisotopic (exact) mass is 327 g/mol. The van der Waals surface area contributed by atoms with E-state index in [-0.39, 0.29) is 5.69 Å². The van der Waals surface area contributed by atoms with Gasteiger partial charge in [-0.2, -0.15) is 4.98 Å². The van der Waals surface area contributed by atoms with Gasteiger partial charge in [-0.25, -0.2) is 4.79 Å². The van der Waals surface area contributed by atoms with Crippen molar-refractivity contribution >= 4 is 33.7 Å². The lowest BCUT2D eigenvalue weighted by molar-refractivity contribution is 0.0519. The Kier molecular flexibility index (Phi) is 4.43. The number of esters is 1. The number of oxazole rings is 1. The van der Waals surface area contributed by atoms with Gasteiger partial charge in [0.25, 0.3) is 5.22 Å². The van der Waals surface area contributed by atoms with E-state index in [2.05, 4.69) is 20.9 Å². The SMILES string of the molecule is CCOC(=O)c1coc(Sc2ccc(Br)cc2)n1. The molecule has 0 saturated heterocycles. The van der Waals surface area contributed by atoms with E-state index in [1.165, 1.54) is 18.0 Å². The maximum Gasteiger partial charge on any atom is 0.360 e. The average Bonchev–Trinajstić information content (AvgIpc) is 2.81. The van der Waals surface area contributed by atoms with Gasteiger partial charge in [0, 0.05) is 9.37 Å². The van der Waals surface area contributed by atoms with Crippen LogP contribution in [0.3, 0.4) is 0 Å². The fourth-order valence-electron chi connectivity index (χ4n) is 1.21. The molecule has 1 aromatic heterocycles. The summed E-state index contributed by atoms with van der Waals surface area (Å²) in [5, 5.41) is 0.417. The third kappa shape index (κ3) is 3.36. The van der Waals surface area contributed by atoms with Gasteiger partial charge < -0.3 is 9.15 Å². The smallest absolute Gasteiger partial charge is 0.360 e. The zero-order valence-corrected chi connectivity index (χ0v) is 12.0. The number of halogens is 1. The molecule has 1 heterocycles. The summed E-state index contributed by atoms with van der Waals surface area (Å²) in [5.74, 6) is -0.469. The molecule has 0 atom stereocenters. The van der Waals surface area contributed by atoms with E-state index >= 15 is 0 Å². The lowest BCUT2D eigenvalue weighted by Gasteiger charge is -1.96. The van der Waals surface area contributed by atoms with Crippen LogP contribution in [-0.4, -0.2) is 17.6 Å². The second-order valence-electron chi connectivity index (χ2n) is 3.28. The number of ether oxygens (including phenoxy) is 1. The summed E-state index contributed by atoms with van der Waals surface area (Å²) in [6.07, 6.45) is 1.30. The second kappa shape index (κ2) is 6.06. The fourth-order valence-corrected chi connectivity index (χ4v) is 2.18. The Morgan fingerprint density at radius 1 is 1.44 bits per heavy atom. The predicted molar refractivity (Wildman–Crippen MR) is 70.7 cm³/mol. The number of hydrogen-bond acceptors (Lipinski definition) is 5. The van der Waals surface area contributed by atoms with Gasteiger partial charge in [-0.05, 0) is 43.0 Å². The van der Waals surface area contributed by atoms with Gasteiger partial charge in [0.2, 0.25) is 0 Å². The molecule has 18 heavy (non-hydrogen) atoms. The lowest BCUT2D eigenvalue weighted by Crippen LogP contribution is -2.04. The van der Waals surface area contributed by atoms with Crippen molar-refractivity contribution in [2.45, 2.75) is 17.0 Å². The minimum absolute atomic E-state index is 0.191. The van der Waals surface area contributed by atoms with Gasteiger partial charge in [-0.15, -0.1) is 0 Å². The third-order valence-electron chi connectivity index (χ3n) is 1.99. The number of hydrogen-bond donors (Lipinski definition) is 0. The predicted octanol–water partition coefficient (Wildman–Crippen LogP) is 3.77. The van der Waals surface area contributed by atoms with Crippen LogP contribution in [0.5, 0.6) is 0 Å². The van der Waals surface area contributed by atoms with Gasteiger partial charge in [-0.3, -0.25) is 0 Å². The van der Waals surface area contributed by atoms with E-state index in [9.17, 15) is 4.79 Å². The zero-order chi connectivity index (χ0) is 13.0. The lowest BCUT2D eigenvalue weighted by atomic mass is 10.4. The fraction of sp³-hybridized carbons (Fsp3) is 0.167. The first kappa shape index (κ1) is 13.2. The molecule has 0 aliphatic carbocycles. The molecule has 0 N–H and O–H groups in total. The van der Waals surface area contributed by atoms with Crippen molar-refractivity contribution < 1.29 is 13.9 Å². The minimum atomic E-state index is -0.469. The molecule has 0 saturated carbocycles.